The predicted molar refractivity (Wildman–Crippen MR) is 108 cm³/mol. The molecule has 0 aliphatic heterocycles. The number of rotatable bonds is 9. The van der Waals surface area contributed by atoms with Crippen LogP contribution in [0.15, 0.2) is 48.9 Å². The molecule has 0 fully saturated rings. The highest BCUT2D eigenvalue weighted by molar-refractivity contribution is 5.64. The van der Waals surface area contributed by atoms with Crippen molar-refractivity contribution >= 4 is 17.7 Å². The van der Waals surface area contributed by atoms with Gasteiger partial charge >= 0.3 is 6.09 Å². The van der Waals surface area contributed by atoms with Crippen LogP contribution in [0.5, 0.6) is 0 Å². The summed E-state index contributed by atoms with van der Waals surface area (Å²) in [4.78, 5) is 27.7. The number of nitrogens with zero attached hydrogens (tertiary/aromatic N) is 4. The Morgan fingerprint density at radius 2 is 1.97 bits per heavy atom. The smallest absolute Gasteiger partial charge is 0.404 e. The van der Waals surface area contributed by atoms with Crippen molar-refractivity contribution in [3.8, 4) is 11.4 Å². The number of nitrogens with one attached hydrogen (secondary N) is 2. The first-order valence-corrected chi connectivity index (χ1v) is 9.22. The Kier molecular flexibility index (Phi) is 7.01. The number of amides is 1. The van der Waals surface area contributed by atoms with Crippen molar-refractivity contribution < 1.29 is 15.0 Å². The number of carbonyl (C=O) groups is 1. The van der Waals surface area contributed by atoms with Crippen LogP contribution in [0, 0.1) is 0 Å². The second kappa shape index (κ2) is 10.1. The Morgan fingerprint density at radius 3 is 2.79 bits per heavy atom. The van der Waals surface area contributed by atoms with E-state index < -0.39 is 6.09 Å². The van der Waals surface area contributed by atoms with Gasteiger partial charge < -0.3 is 20.8 Å². The molecule has 0 aliphatic rings. The van der Waals surface area contributed by atoms with Crippen LogP contribution < -0.4 is 10.6 Å². The number of pyridine rings is 1. The lowest BCUT2D eigenvalue weighted by Gasteiger charge is -2.08. The summed E-state index contributed by atoms with van der Waals surface area (Å²) in [5.41, 5.74) is 3.29. The van der Waals surface area contributed by atoms with E-state index in [0.717, 1.165) is 41.8 Å². The molecular weight excluding hydrogens is 372 g/mol. The lowest BCUT2D eigenvalue weighted by molar-refractivity contribution is 0.194. The standard InChI is InChI=1S/C20H22N6O3/c27-12-14-4-3-6-17(10-14)25-19-24-13-23-18(26-19)15-7-9-21-16(11-15)5-1-2-8-22-20(28)29/h3-4,6-7,9-11,13,22,27H,1-2,5,8,12H2,(H,28,29)(H,23,24,25,26). The van der Waals surface area contributed by atoms with Crippen LogP contribution in [0.4, 0.5) is 16.4 Å². The van der Waals surface area contributed by atoms with Crippen molar-refractivity contribution in [1.82, 2.24) is 25.3 Å². The molecule has 0 aliphatic carbocycles. The number of carboxylic acid groups (broad SMARTS) is 1. The van der Waals surface area contributed by atoms with Crippen LogP contribution in [0.25, 0.3) is 11.4 Å². The molecule has 0 radical (unpaired) electrons. The van der Waals surface area contributed by atoms with Crippen molar-refractivity contribution in [2.45, 2.75) is 25.9 Å². The van der Waals surface area contributed by atoms with Crippen LogP contribution >= 0.6 is 0 Å². The van der Waals surface area contributed by atoms with Gasteiger partial charge in [0.1, 0.15) is 6.33 Å². The third-order valence-electron chi connectivity index (χ3n) is 4.15. The molecular formula is C20H22N6O3. The first-order valence-electron chi connectivity index (χ1n) is 9.22. The van der Waals surface area contributed by atoms with E-state index >= 15 is 0 Å². The van der Waals surface area contributed by atoms with E-state index in [0.29, 0.717) is 18.3 Å². The van der Waals surface area contributed by atoms with Crippen LogP contribution in [0.2, 0.25) is 0 Å². The van der Waals surface area contributed by atoms with Crippen molar-refractivity contribution in [2.24, 2.45) is 0 Å². The van der Waals surface area contributed by atoms with E-state index in [1.54, 1.807) is 6.20 Å². The van der Waals surface area contributed by atoms with Crippen LogP contribution in [0.1, 0.15) is 24.1 Å². The number of aryl methyl sites for hydroxylation is 1. The monoisotopic (exact) mass is 394 g/mol. The molecule has 1 aromatic carbocycles. The number of hydrogen-bond donors (Lipinski definition) is 4. The summed E-state index contributed by atoms with van der Waals surface area (Å²) in [5.74, 6) is 0.931. The van der Waals surface area contributed by atoms with Crippen molar-refractivity contribution in [1.29, 1.82) is 0 Å². The number of unbranched alkanes of at least 4 members (excludes halogenated alkanes) is 1. The third-order valence-corrected chi connectivity index (χ3v) is 4.15. The van der Waals surface area contributed by atoms with Gasteiger partial charge in [-0.2, -0.15) is 4.98 Å². The molecule has 3 aromatic rings. The average Bonchev–Trinajstić information content (AvgIpc) is 2.74. The second-order valence-electron chi connectivity index (χ2n) is 6.34. The first kappa shape index (κ1) is 20.2. The second-order valence-corrected chi connectivity index (χ2v) is 6.34. The molecule has 0 atom stereocenters. The van der Waals surface area contributed by atoms with E-state index in [1.165, 1.54) is 6.33 Å². The SMILES string of the molecule is O=C(O)NCCCCc1cc(-c2ncnc(Nc3cccc(CO)c3)n2)ccn1. The molecule has 4 N–H and O–H groups in total. The first-order chi connectivity index (χ1) is 14.1. The van der Waals surface area contributed by atoms with Gasteiger partial charge in [-0.15, -0.1) is 0 Å². The quantitative estimate of drug-likeness (QED) is 0.407. The Labute approximate surface area is 167 Å². The number of anilines is 2. The highest BCUT2D eigenvalue weighted by Gasteiger charge is 2.07. The molecule has 0 unspecified atom stereocenters. The number of benzene rings is 1. The highest BCUT2D eigenvalue weighted by Crippen LogP contribution is 2.19. The van der Waals surface area contributed by atoms with Gasteiger partial charge in [-0.25, -0.2) is 14.8 Å². The van der Waals surface area contributed by atoms with E-state index in [2.05, 4.69) is 30.6 Å². The highest BCUT2D eigenvalue weighted by atomic mass is 16.4. The van der Waals surface area contributed by atoms with Gasteiger partial charge in [0.2, 0.25) is 5.95 Å². The zero-order valence-corrected chi connectivity index (χ0v) is 15.7. The van der Waals surface area contributed by atoms with E-state index in [1.807, 2.05) is 36.4 Å². The molecule has 9 nitrogen and oxygen atoms in total. The van der Waals surface area contributed by atoms with Crippen molar-refractivity contribution in [2.75, 3.05) is 11.9 Å². The molecule has 0 spiro atoms. The maximum absolute atomic E-state index is 10.5. The molecule has 0 saturated heterocycles. The molecule has 9 heteroatoms. The average molecular weight is 394 g/mol. The Bertz CT molecular complexity index is 966. The predicted octanol–water partition coefficient (Wildman–Crippen LogP) is 2.76. The lowest BCUT2D eigenvalue weighted by atomic mass is 10.1. The summed E-state index contributed by atoms with van der Waals surface area (Å²) in [5, 5.41) is 23.3. The zero-order valence-electron chi connectivity index (χ0n) is 15.7. The fourth-order valence-corrected chi connectivity index (χ4v) is 2.75. The zero-order chi connectivity index (χ0) is 20.5. The number of aliphatic hydroxyl groups excluding tert-OH is 1. The molecule has 1 amide bonds. The molecule has 0 bridgehead atoms. The largest absolute Gasteiger partial charge is 0.465 e. The van der Waals surface area contributed by atoms with Gasteiger partial charge in [-0.3, -0.25) is 4.98 Å². The summed E-state index contributed by atoms with van der Waals surface area (Å²) in [6.45, 7) is 0.388. The van der Waals surface area contributed by atoms with Crippen LogP contribution in [-0.2, 0) is 13.0 Å². The van der Waals surface area contributed by atoms with Gasteiger partial charge in [0.05, 0.1) is 6.61 Å². The number of aliphatic hydroxyl groups is 1. The minimum absolute atomic E-state index is 0.0376. The van der Waals surface area contributed by atoms with E-state index in [-0.39, 0.29) is 6.61 Å². The fraction of sp³-hybridized carbons (Fsp3) is 0.250. The number of aromatic nitrogens is 4. The third kappa shape index (κ3) is 6.22. The Hall–Kier alpha value is -3.59. The summed E-state index contributed by atoms with van der Waals surface area (Å²) >= 11 is 0. The molecule has 3 rings (SSSR count). The van der Waals surface area contributed by atoms with Gasteiger partial charge in [0.15, 0.2) is 5.82 Å². The minimum Gasteiger partial charge on any atom is -0.465 e. The molecule has 2 heterocycles. The topological polar surface area (TPSA) is 133 Å². The lowest BCUT2D eigenvalue weighted by Crippen LogP contribution is -2.21. The van der Waals surface area contributed by atoms with E-state index in [4.69, 9.17) is 5.11 Å². The maximum atomic E-state index is 10.5. The van der Waals surface area contributed by atoms with Gasteiger partial charge in [-0.05, 0) is 49.1 Å². The van der Waals surface area contributed by atoms with E-state index in [9.17, 15) is 9.90 Å². The summed E-state index contributed by atoms with van der Waals surface area (Å²) in [7, 11) is 0. The van der Waals surface area contributed by atoms with Crippen LogP contribution in [0.3, 0.4) is 0 Å². The van der Waals surface area contributed by atoms with Gasteiger partial charge in [-0.1, -0.05) is 12.1 Å². The van der Waals surface area contributed by atoms with Crippen molar-refractivity contribution in [3.05, 3.63) is 60.2 Å². The number of hydrogen-bond acceptors (Lipinski definition) is 7. The Balaban J connectivity index is 1.66. The van der Waals surface area contributed by atoms with Crippen LogP contribution in [-0.4, -0.2) is 42.8 Å². The maximum Gasteiger partial charge on any atom is 0.404 e. The van der Waals surface area contributed by atoms with Gasteiger partial charge in [0, 0.05) is 29.7 Å². The summed E-state index contributed by atoms with van der Waals surface area (Å²) in [6, 6.07) is 11.1. The van der Waals surface area contributed by atoms with Gasteiger partial charge in [0.25, 0.3) is 0 Å². The molecule has 29 heavy (non-hydrogen) atoms. The summed E-state index contributed by atoms with van der Waals surface area (Å²) in [6.07, 6.45) is 4.44. The molecule has 150 valence electrons. The minimum atomic E-state index is -1.01. The molecule has 2 aromatic heterocycles. The molecule has 0 saturated carbocycles. The normalized spacial score (nSPS) is 10.5. The Morgan fingerprint density at radius 1 is 1.07 bits per heavy atom. The van der Waals surface area contributed by atoms with Crippen molar-refractivity contribution in [3.63, 3.8) is 0 Å². The fourth-order valence-electron chi connectivity index (χ4n) is 2.75. The summed E-state index contributed by atoms with van der Waals surface area (Å²) < 4.78 is 0.